The first kappa shape index (κ1) is 21.8. The van der Waals surface area contributed by atoms with Crippen LogP contribution in [0.15, 0.2) is 39.5 Å². The number of carbonyl (C=O) groups excluding carboxylic acids is 3. The molecule has 0 atom stereocenters. The summed E-state index contributed by atoms with van der Waals surface area (Å²) in [6.07, 6.45) is -0.0698. The summed E-state index contributed by atoms with van der Waals surface area (Å²) in [5, 5.41) is 3.39. The van der Waals surface area contributed by atoms with E-state index in [0.29, 0.717) is 0 Å². The summed E-state index contributed by atoms with van der Waals surface area (Å²) < 4.78 is 11.8. The van der Waals surface area contributed by atoms with Crippen molar-refractivity contribution in [1.82, 2.24) is 4.57 Å². The minimum atomic E-state index is -0.934. The lowest BCUT2D eigenvalue weighted by Gasteiger charge is -2.11. The van der Waals surface area contributed by atoms with Crippen molar-refractivity contribution in [3.05, 3.63) is 63.1 Å². The fourth-order valence-electron chi connectivity index (χ4n) is 3.45. The largest absolute Gasteiger partial charge is 0.462 e. The van der Waals surface area contributed by atoms with E-state index >= 15 is 0 Å². The molecule has 0 spiro atoms. The van der Waals surface area contributed by atoms with E-state index in [-0.39, 0.29) is 47.9 Å². The molecule has 9 nitrogen and oxygen atoms in total. The number of amides is 2. The maximum atomic E-state index is 12.5. The van der Waals surface area contributed by atoms with Crippen molar-refractivity contribution in [2.24, 2.45) is 5.73 Å². The second-order valence-electron chi connectivity index (χ2n) is 6.95. The maximum absolute atomic E-state index is 12.5. The van der Waals surface area contributed by atoms with Crippen molar-refractivity contribution in [3.63, 3.8) is 0 Å². The van der Waals surface area contributed by atoms with E-state index in [2.05, 4.69) is 5.32 Å². The van der Waals surface area contributed by atoms with Gasteiger partial charge in [-0.3, -0.25) is 19.7 Å². The smallest absolute Gasteiger partial charge is 0.342 e. The Balaban J connectivity index is 1.84. The number of anilines is 1. The third-order valence-electron chi connectivity index (χ3n) is 4.85. The van der Waals surface area contributed by atoms with Crippen LogP contribution in [0, 0.1) is 13.8 Å². The average Bonchev–Trinajstić information content (AvgIpc) is 3.04. The number of rotatable bonds is 7. The van der Waals surface area contributed by atoms with Gasteiger partial charge in [0.2, 0.25) is 11.8 Å². The summed E-state index contributed by atoms with van der Waals surface area (Å²) in [5.41, 5.74) is 6.38. The highest BCUT2D eigenvalue weighted by atomic mass is 16.5. The van der Waals surface area contributed by atoms with E-state index in [4.69, 9.17) is 14.9 Å². The number of nitrogens with zero attached hydrogens (tertiary/aromatic N) is 1. The van der Waals surface area contributed by atoms with Crippen LogP contribution in [0.3, 0.4) is 0 Å². The van der Waals surface area contributed by atoms with Gasteiger partial charge in [-0.05, 0) is 32.4 Å². The SMILES string of the molecule is CCOC(=O)c1c(C)oc(NC(=O)CCn2c(=O)cc(C)c3ccccc32)c1C(N)=O. The molecule has 2 aromatic heterocycles. The number of furan rings is 1. The van der Waals surface area contributed by atoms with Gasteiger partial charge in [0, 0.05) is 24.4 Å². The van der Waals surface area contributed by atoms with Gasteiger partial charge in [-0.25, -0.2) is 4.79 Å². The van der Waals surface area contributed by atoms with Crippen LogP contribution in [0.25, 0.3) is 10.9 Å². The Kier molecular flexibility index (Phi) is 6.24. The minimum Gasteiger partial charge on any atom is -0.462 e. The molecule has 3 rings (SSSR count). The predicted molar refractivity (Wildman–Crippen MR) is 114 cm³/mol. The molecule has 0 bridgehead atoms. The normalized spacial score (nSPS) is 10.8. The number of para-hydroxylation sites is 1. The summed E-state index contributed by atoms with van der Waals surface area (Å²) in [6.45, 7) is 5.15. The Morgan fingerprint density at radius 3 is 2.55 bits per heavy atom. The van der Waals surface area contributed by atoms with Crippen LogP contribution >= 0.6 is 0 Å². The zero-order valence-electron chi connectivity index (χ0n) is 17.5. The Bertz CT molecular complexity index is 1240. The number of fused-ring (bicyclic) bond motifs is 1. The number of benzene rings is 1. The van der Waals surface area contributed by atoms with Crippen LogP contribution in [-0.2, 0) is 16.1 Å². The summed E-state index contributed by atoms with van der Waals surface area (Å²) in [4.78, 5) is 49.0. The molecule has 0 saturated heterocycles. The molecule has 2 amide bonds. The summed E-state index contributed by atoms with van der Waals surface area (Å²) in [5.74, 6) is -2.34. The molecule has 9 heteroatoms. The van der Waals surface area contributed by atoms with Gasteiger partial charge in [-0.2, -0.15) is 0 Å². The predicted octanol–water partition coefficient (Wildman–Crippen LogP) is 2.52. The Hall–Kier alpha value is -3.88. The lowest BCUT2D eigenvalue weighted by molar-refractivity contribution is -0.116. The van der Waals surface area contributed by atoms with Gasteiger partial charge < -0.3 is 19.5 Å². The first-order valence-electron chi connectivity index (χ1n) is 9.74. The number of hydrogen-bond acceptors (Lipinski definition) is 6. The van der Waals surface area contributed by atoms with Crippen molar-refractivity contribution in [1.29, 1.82) is 0 Å². The zero-order chi connectivity index (χ0) is 22.7. The molecule has 2 heterocycles. The Morgan fingerprint density at radius 1 is 1.16 bits per heavy atom. The van der Waals surface area contributed by atoms with Gasteiger partial charge in [0.15, 0.2) is 0 Å². The van der Waals surface area contributed by atoms with Gasteiger partial charge in [0.05, 0.1) is 12.1 Å². The van der Waals surface area contributed by atoms with Crippen molar-refractivity contribution >= 4 is 34.6 Å². The molecule has 3 aromatic rings. The lowest BCUT2D eigenvalue weighted by Crippen LogP contribution is -2.24. The molecular weight excluding hydrogens is 402 g/mol. The number of hydrogen-bond donors (Lipinski definition) is 2. The van der Waals surface area contributed by atoms with E-state index < -0.39 is 17.8 Å². The standard InChI is InChI=1S/C22H23N3O6/c1-4-30-22(29)18-13(3)31-21(19(18)20(23)28)24-16(26)9-10-25-15-8-6-5-7-14(15)12(2)11-17(25)27/h5-8,11H,4,9-10H2,1-3H3,(H2,23,28)(H,24,26). The highest BCUT2D eigenvalue weighted by molar-refractivity contribution is 6.10. The van der Waals surface area contributed by atoms with Gasteiger partial charge >= 0.3 is 5.97 Å². The van der Waals surface area contributed by atoms with Crippen molar-refractivity contribution < 1.29 is 23.5 Å². The number of ether oxygens (including phenoxy) is 1. The fourth-order valence-corrected chi connectivity index (χ4v) is 3.45. The molecule has 0 radical (unpaired) electrons. The number of esters is 1. The monoisotopic (exact) mass is 425 g/mol. The fraction of sp³-hybridized carbons (Fsp3) is 0.273. The van der Waals surface area contributed by atoms with Gasteiger partial charge in [0.25, 0.3) is 11.5 Å². The molecule has 162 valence electrons. The summed E-state index contributed by atoms with van der Waals surface area (Å²) in [7, 11) is 0. The van der Waals surface area contributed by atoms with Crippen LogP contribution in [0.2, 0.25) is 0 Å². The number of nitrogens with one attached hydrogen (secondary N) is 1. The molecule has 0 aliphatic carbocycles. The number of nitrogens with two attached hydrogens (primary N) is 1. The van der Waals surface area contributed by atoms with Crippen LogP contribution in [0.4, 0.5) is 5.88 Å². The van der Waals surface area contributed by atoms with Crippen molar-refractivity contribution in [2.45, 2.75) is 33.7 Å². The van der Waals surface area contributed by atoms with Crippen LogP contribution < -0.4 is 16.6 Å². The molecular formula is C22H23N3O6. The van der Waals surface area contributed by atoms with Gasteiger partial charge in [-0.1, -0.05) is 18.2 Å². The van der Waals surface area contributed by atoms with E-state index in [1.165, 1.54) is 17.6 Å². The molecule has 31 heavy (non-hydrogen) atoms. The second kappa shape index (κ2) is 8.86. The summed E-state index contributed by atoms with van der Waals surface area (Å²) >= 11 is 0. The molecule has 1 aromatic carbocycles. The quantitative estimate of drug-likeness (QED) is 0.559. The van der Waals surface area contributed by atoms with Crippen LogP contribution in [0.1, 0.15) is 45.4 Å². The Morgan fingerprint density at radius 2 is 1.87 bits per heavy atom. The highest BCUT2D eigenvalue weighted by Crippen LogP contribution is 2.28. The van der Waals surface area contributed by atoms with E-state index in [1.807, 2.05) is 31.2 Å². The van der Waals surface area contributed by atoms with E-state index in [1.54, 1.807) is 6.92 Å². The van der Waals surface area contributed by atoms with Crippen molar-refractivity contribution in [3.8, 4) is 0 Å². The number of aryl methyl sites for hydroxylation is 3. The second-order valence-corrected chi connectivity index (χ2v) is 6.95. The minimum absolute atomic E-state index is 0.0698. The molecule has 0 saturated carbocycles. The molecule has 0 aliphatic rings. The maximum Gasteiger partial charge on any atom is 0.342 e. The zero-order valence-corrected chi connectivity index (χ0v) is 17.5. The number of aromatic nitrogens is 1. The number of pyridine rings is 1. The average molecular weight is 425 g/mol. The van der Waals surface area contributed by atoms with E-state index in [0.717, 1.165) is 16.5 Å². The summed E-state index contributed by atoms with van der Waals surface area (Å²) in [6, 6.07) is 8.94. The number of carbonyl (C=O) groups is 3. The van der Waals surface area contributed by atoms with Gasteiger partial charge in [-0.15, -0.1) is 0 Å². The lowest BCUT2D eigenvalue weighted by atomic mass is 10.1. The Labute approximate surface area is 177 Å². The van der Waals surface area contributed by atoms with E-state index in [9.17, 15) is 19.2 Å². The van der Waals surface area contributed by atoms with Crippen LogP contribution in [0.5, 0.6) is 0 Å². The first-order valence-corrected chi connectivity index (χ1v) is 9.74. The highest BCUT2D eigenvalue weighted by Gasteiger charge is 2.29. The van der Waals surface area contributed by atoms with Crippen LogP contribution in [-0.4, -0.2) is 29.0 Å². The van der Waals surface area contributed by atoms with Crippen molar-refractivity contribution in [2.75, 3.05) is 11.9 Å². The first-order chi connectivity index (χ1) is 14.7. The molecule has 3 N–H and O–H groups in total. The molecule has 0 fully saturated rings. The molecule has 0 aliphatic heterocycles. The van der Waals surface area contributed by atoms with Gasteiger partial charge in [0.1, 0.15) is 16.9 Å². The third-order valence-corrected chi connectivity index (χ3v) is 4.85. The topological polar surface area (TPSA) is 134 Å². The molecule has 0 unspecified atom stereocenters. The third kappa shape index (κ3) is 4.35. The number of primary amides is 1.